The van der Waals surface area contributed by atoms with Gasteiger partial charge >= 0.3 is 6.61 Å². The van der Waals surface area contributed by atoms with Crippen molar-refractivity contribution < 1.29 is 23.0 Å². The van der Waals surface area contributed by atoms with Crippen LogP contribution in [0.4, 0.5) is 8.78 Å². The normalized spacial score (nSPS) is 13.7. The lowest BCUT2D eigenvalue weighted by Crippen LogP contribution is -2.36. The van der Waals surface area contributed by atoms with Gasteiger partial charge in [0, 0.05) is 45.2 Å². The highest BCUT2D eigenvalue weighted by Crippen LogP contribution is 2.25. The number of hydrogen-bond donors (Lipinski definition) is 2. The van der Waals surface area contributed by atoms with Gasteiger partial charge in [-0.05, 0) is 35.7 Å². The van der Waals surface area contributed by atoms with E-state index in [0.717, 1.165) is 24.1 Å². The number of carbonyl (C=O) groups excluding carboxylic acids is 1. The molecule has 0 radical (unpaired) electrons. The fourth-order valence-corrected chi connectivity index (χ4v) is 3.47. The summed E-state index contributed by atoms with van der Waals surface area (Å²) in [5.74, 6) is 1.35. The lowest BCUT2D eigenvalue weighted by atomic mass is 10.1. The standard InChI is InChI=1S/C23H28F2N4O3.HI/c1-26-23(28-14-18-12-19(31-2)9-10-20(18)32-22(24)25)27-13-16-5-7-17(8-6-16)15-29-11-3-4-21(29)30;/h5-10,12,22H,3-4,11,13-15H2,1-2H3,(H2,26,27,28);1H. The zero-order valence-electron chi connectivity index (χ0n) is 18.6. The summed E-state index contributed by atoms with van der Waals surface area (Å²) in [5, 5.41) is 6.30. The monoisotopic (exact) mass is 574 g/mol. The molecule has 10 heteroatoms. The Balaban J connectivity index is 0.00000385. The molecule has 0 aromatic heterocycles. The van der Waals surface area contributed by atoms with Crippen molar-refractivity contribution in [3.8, 4) is 11.5 Å². The van der Waals surface area contributed by atoms with Crippen LogP contribution in [-0.4, -0.2) is 44.1 Å². The molecule has 1 heterocycles. The highest BCUT2D eigenvalue weighted by Gasteiger charge is 2.19. The number of guanidine groups is 1. The predicted octanol–water partition coefficient (Wildman–Crippen LogP) is 3.90. The fourth-order valence-electron chi connectivity index (χ4n) is 3.47. The maximum absolute atomic E-state index is 12.7. The number of likely N-dealkylation sites (tertiary alicyclic amines) is 1. The molecule has 3 rings (SSSR count). The number of hydrogen-bond acceptors (Lipinski definition) is 4. The second-order valence-corrected chi connectivity index (χ2v) is 7.37. The molecule has 2 aromatic rings. The maximum atomic E-state index is 12.7. The van der Waals surface area contributed by atoms with Gasteiger partial charge in [-0.2, -0.15) is 8.78 Å². The van der Waals surface area contributed by atoms with Crippen molar-refractivity contribution in [3.05, 3.63) is 59.2 Å². The highest BCUT2D eigenvalue weighted by atomic mass is 127. The first-order chi connectivity index (χ1) is 15.5. The number of aliphatic imine (C=N–C) groups is 1. The third kappa shape index (κ3) is 8.02. The number of carbonyl (C=O) groups is 1. The van der Waals surface area contributed by atoms with Gasteiger partial charge < -0.3 is 25.0 Å². The summed E-state index contributed by atoms with van der Waals surface area (Å²) in [7, 11) is 3.14. The van der Waals surface area contributed by atoms with Crippen molar-refractivity contribution in [1.29, 1.82) is 0 Å². The molecule has 7 nitrogen and oxygen atoms in total. The summed E-state index contributed by atoms with van der Waals surface area (Å²) in [4.78, 5) is 17.8. The first kappa shape index (κ1) is 26.6. The van der Waals surface area contributed by atoms with Crippen molar-refractivity contribution in [3.63, 3.8) is 0 Å². The molecule has 33 heavy (non-hydrogen) atoms. The van der Waals surface area contributed by atoms with Gasteiger partial charge in [0.05, 0.1) is 7.11 Å². The van der Waals surface area contributed by atoms with Crippen LogP contribution in [0.2, 0.25) is 0 Å². The summed E-state index contributed by atoms with van der Waals surface area (Å²) in [6.45, 7) is -0.699. The summed E-state index contributed by atoms with van der Waals surface area (Å²) < 4.78 is 35.1. The molecule has 2 N–H and O–H groups in total. The van der Waals surface area contributed by atoms with Crippen LogP contribution in [0.15, 0.2) is 47.5 Å². The van der Waals surface area contributed by atoms with Gasteiger partial charge in [-0.15, -0.1) is 24.0 Å². The third-order valence-corrected chi connectivity index (χ3v) is 5.18. The molecule has 1 aliphatic rings. The lowest BCUT2D eigenvalue weighted by molar-refractivity contribution is -0.128. The van der Waals surface area contributed by atoms with Crippen molar-refractivity contribution in [1.82, 2.24) is 15.5 Å². The number of rotatable bonds is 9. The van der Waals surface area contributed by atoms with Gasteiger partial charge in [-0.1, -0.05) is 24.3 Å². The number of amides is 1. The Hall–Kier alpha value is -2.63. The summed E-state index contributed by atoms with van der Waals surface area (Å²) >= 11 is 0. The van der Waals surface area contributed by atoms with Crippen LogP contribution >= 0.6 is 24.0 Å². The molecule has 1 amide bonds. The van der Waals surface area contributed by atoms with Gasteiger partial charge in [0.1, 0.15) is 11.5 Å². The molecule has 0 saturated carbocycles. The molecule has 2 aromatic carbocycles. The van der Waals surface area contributed by atoms with Crippen LogP contribution in [0, 0.1) is 0 Å². The van der Waals surface area contributed by atoms with Crippen molar-refractivity contribution >= 4 is 35.8 Å². The van der Waals surface area contributed by atoms with Gasteiger partial charge in [0.25, 0.3) is 0 Å². The van der Waals surface area contributed by atoms with E-state index in [-0.39, 0.29) is 42.2 Å². The molecule has 1 fully saturated rings. The fraction of sp³-hybridized carbons (Fsp3) is 0.391. The average molecular weight is 574 g/mol. The molecular formula is C23H29F2IN4O3. The number of nitrogens with one attached hydrogen (secondary N) is 2. The Morgan fingerprint density at radius 2 is 1.82 bits per heavy atom. The zero-order chi connectivity index (χ0) is 22.9. The first-order valence-electron chi connectivity index (χ1n) is 10.4. The minimum Gasteiger partial charge on any atom is -0.497 e. The van der Waals surface area contributed by atoms with Crippen LogP contribution in [0.25, 0.3) is 0 Å². The van der Waals surface area contributed by atoms with Crippen LogP contribution in [0.5, 0.6) is 11.5 Å². The molecule has 0 unspecified atom stereocenters. The van der Waals surface area contributed by atoms with Crippen LogP contribution in [0.1, 0.15) is 29.5 Å². The number of methoxy groups -OCH3 is 1. The number of benzene rings is 2. The highest BCUT2D eigenvalue weighted by molar-refractivity contribution is 14.0. The number of ether oxygens (including phenoxy) is 2. The molecule has 1 aliphatic heterocycles. The zero-order valence-corrected chi connectivity index (χ0v) is 21.0. The molecule has 0 spiro atoms. The number of halogens is 3. The smallest absolute Gasteiger partial charge is 0.387 e. The summed E-state index contributed by atoms with van der Waals surface area (Å²) in [5.41, 5.74) is 2.66. The Morgan fingerprint density at radius 1 is 1.12 bits per heavy atom. The van der Waals surface area contributed by atoms with E-state index in [2.05, 4.69) is 20.4 Å². The van der Waals surface area contributed by atoms with E-state index in [1.807, 2.05) is 29.2 Å². The minimum atomic E-state index is -2.91. The molecular weight excluding hydrogens is 545 g/mol. The van der Waals surface area contributed by atoms with E-state index in [1.54, 1.807) is 19.2 Å². The Kier molecular flexibility index (Phi) is 10.6. The summed E-state index contributed by atoms with van der Waals surface area (Å²) in [6.07, 6.45) is 1.57. The summed E-state index contributed by atoms with van der Waals surface area (Å²) in [6, 6.07) is 12.7. The lowest BCUT2D eigenvalue weighted by Gasteiger charge is -2.16. The second-order valence-electron chi connectivity index (χ2n) is 7.37. The van der Waals surface area contributed by atoms with Gasteiger partial charge in [-0.25, -0.2) is 0 Å². The number of nitrogens with zero attached hydrogens (tertiary/aromatic N) is 2. The predicted molar refractivity (Wildman–Crippen MR) is 133 cm³/mol. The Bertz CT molecular complexity index is 942. The molecule has 0 atom stereocenters. The molecule has 180 valence electrons. The SMILES string of the molecule is CN=C(NCc1ccc(CN2CCCC2=O)cc1)NCc1cc(OC)ccc1OC(F)F.I. The molecule has 0 aliphatic carbocycles. The third-order valence-electron chi connectivity index (χ3n) is 5.18. The number of alkyl halides is 2. The van der Waals surface area contributed by atoms with Gasteiger partial charge in [0.15, 0.2) is 5.96 Å². The Labute approximate surface area is 209 Å². The average Bonchev–Trinajstić information content (AvgIpc) is 3.19. The van der Waals surface area contributed by atoms with E-state index in [1.165, 1.54) is 13.2 Å². The van der Waals surface area contributed by atoms with Crippen molar-refractivity contribution in [2.45, 2.75) is 39.1 Å². The largest absolute Gasteiger partial charge is 0.497 e. The molecule has 0 bridgehead atoms. The van der Waals surface area contributed by atoms with Gasteiger partial charge in [0.2, 0.25) is 5.91 Å². The van der Waals surface area contributed by atoms with E-state index >= 15 is 0 Å². The van der Waals surface area contributed by atoms with E-state index in [9.17, 15) is 13.6 Å². The maximum Gasteiger partial charge on any atom is 0.387 e. The van der Waals surface area contributed by atoms with Crippen molar-refractivity contribution in [2.24, 2.45) is 4.99 Å². The van der Waals surface area contributed by atoms with Crippen molar-refractivity contribution in [2.75, 3.05) is 20.7 Å². The Morgan fingerprint density at radius 3 is 2.42 bits per heavy atom. The second kappa shape index (κ2) is 13.2. The van der Waals surface area contributed by atoms with Crippen LogP contribution in [0.3, 0.4) is 0 Å². The van der Waals surface area contributed by atoms with Gasteiger partial charge in [-0.3, -0.25) is 9.79 Å². The molecule has 1 saturated heterocycles. The topological polar surface area (TPSA) is 75.2 Å². The quantitative estimate of drug-likeness (QED) is 0.270. The first-order valence-corrected chi connectivity index (χ1v) is 10.4. The van der Waals surface area contributed by atoms with Crippen LogP contribution in [-0.2, 0) is 24.4 Å². The van der Waals surface area contributed by atoms with E-state index in [4.69, 9.17) is 4.74 Å². The van der Waals surface area contributed by atoms with Crippen LogP contribution < -0.4 is 20.1 Å². The van der Waals surface area contributed by atoms with E-state index < -0.39 is 6.61 Å². The van der Waals surface area contributed by atoms with E-state index in [0.29, 0.717) is 36.8 Å². The minimum absolute atomic E-state index is 0.